The fourth-order valence-electron chi connectivity index (χ4n) is 3.55. The summed E-state index contributed by atoms with van der Waals surface area (Å²) in [7, 11) is 1.81. The Hall–Kier alpha value is -2.77. The van der Waals surface area contributed by atoms with E-state index in [-0.39, 0.29) is 0 Å². The Bertz CT molecular complexity index is 987. The molecule has 4 rings (SSSR count). The summed E-state index contributed by atoms with van der Waals surface area (Å²) in [5.41, 5.74) is 1.32. The molecule has 1 saturated heterocycles. The lowest BCUT2D eigenvalue weighted by Crippen LogP contribution is -2.26. The lowest BCUT2D eigenvalue weighted by molar-refractivity contribution is 0.0739. The predicted octanol–water partition coefficient (Wildman–Crippen LogP) is 5.64. The van der Waals surface area contributed by atoms with Crippen molar-refractivity contribution < 1.29 is 14.6 Å². The number of pyridine rings is 2. The minimum absolute atomic E-state index is 0.339. The van der Waals surface area contributed by atoms with Crippen LogP contribution in [0.1, 0.15) is 59.1 Å². The Labute approximate surface area is 203 Å². The van der Waals surface area contributed by atoms with Crippen LogP contribution >= 0.6 is 0 Å². The first-order valence-electron chi connectivity index (χ1n) is 12.1. The fraction of sp³-hybridized carbons (Fsp3) is 0.519. The van der Waals surface area contributed by atoms with E-state index >= 15 is 0 Å². The lowest BCUT2D eigenvalue weighted by atomic mass is 9.93. The minimum atomic E-state index is -1.02. The average Bonchev–Trinajstić information content (AvgIpc) is 3.62. The van der Waals surface area contributed by atoms with Crippen molar-refractivity contribution in [2.75, 3.05) is 25.6 Å². The van der Waals surface area contributed by atoms with Crippen molar-refractivity contribution in [2.24, 2.45) is 16.8 Å². The summed E-state index contributed by atoms with van der Waals surface area (Å²) in [6.07, 6.45) is 10.2. The second-order valence-corrected chi connectivity index (χ2v) is 9.42. The average molecular weight is 467 g/mol. The van der Waals surface area contributed by atoms with Gasteiger partial charge in [0.25, 0.3) is 0 Å². The predicted molar refractivity (Wildman–Crippen MR) is 137 cm³/mol. The van der Waals surface area contributed by atoms with Crippen LogP contribution in [-0.2, 0) is 10.3 Å². The van der Waals surface area contributed by atoms with E-state index in [9.17, 15) is 5.11 Å². The number of rotatable bonds is 7. The van der Waals surface area contributed by atoms with Crippen LogP contribution in [-0.4, -0.2) is 41.0 Å². The maximum Gasteiger partial charge on any atom is 0.144 e. The van der Waals surface area contributed by atoms with Gasteiger partial charge in [0.2, 0.25) is 0 Å². The van der Waals surface area contributed by atoms with Crippen LogP contribution in [0.25, 0.3) is 0 Å². The number of aliphatic hydroxyl groups is 1. The molecule has 1 saturated carbocycles. The molecule has 0 unspecified atom stereocenters. The topological polar surface area (TPSA) is 88.9 Å². The van der Waals surface area contributed by atoms with Crippen LogP contribution < -0.4 is 10.1 Å². The van der Waals surface area contributed by atoms with Crippen molar-refractivity contribution in [2.45, 2.75) is 59.0 Å². The summed E-state index contributed by atoms with van der Waals surface area (Å²) in [4.78, 5) is 13.1. The zero-order valence-electron chi connectivity index (χ0n) is 21.0. The van der Waals surface area contributed by atoms with Gasteiger partial charge in [0.15, 0.2) is 0 Å². The molecule has 34 heavy (non-hydrogen) atoms. The molecule has 2 N–H and O–H groups in total. The number of nitrogens with one attached hydrogen (secondary N) is 1. The number of anilines is 2. The van der Waals surface area contributed by atoms with E-state index in [1.165, 1.54) is 12.8 Å². The first-order chi connectivity index (χ1) is 16.3. The number of ether oxygens (including phenoxy) is 2. The molecular formula is C27H38N4O3. The normalized spacial score (nSPS) is 17.6. The quantitative estimate of drug-likeness (QED) is 0.405. The monoisotopic (exact) mass is 466 g/mol. The number of nitrogens with zero attached hydrogens (tertiary/aromatic N) is 3. The van der Waals surface area contributed by atoms with Gasteiger partial charge in [-0.05, 0) is 63.8 Å². The van der Waals surface area contributed by atoms with E-state index in [0.29, 0.717) is 23.2 Å². The Morgan fingerprint density at radius 1 is 1.15 bits per heavy atom. The van der Waals surface area contributed by atoms with E-state index in [0.717, 1.165) is 49.1 Å². The van der Waals surface area contributed by atoms with Crippen LogP contribution in [0.3, 0.4) is 0 Å². The Morgan fingerprint density at radius 3 is 2.41 bits per heavy atom. The summed E-state index contributed by atoms with van der Waals surface area (Å²) < 4.78 is 11.7. The fourth-order valence-corrected chi connectivity index (χ4v) is 3.55. The third-order valence-corrected chi connectivity index (χ3v) is 5.85. The molecule has 7 nitrogen and oxygen atoms in total. The summed E-state index contributed by atoms with van der Waals surface area (Å²) in [5, 5.41) is 13.4. The number of allylic oxidation sites excluding steroid dienone is 2. The summed E-state index contributed by atoms with van der Waals surface area (Å²) in [6.45, 7) is 9.14. The lowest BCUT2D eigenvalue weighted by Gasteiger charge is -2.25. The molecular weight excluding hydrogens is 428 g/mol. The van der Waals surface area contributed by atoms with Gasteiger partial charge in [-0.15, -0.1) is 0 Å². The molecule has 184 valence electrons. The Morgan fingerprint density at radius 2 is 1.82 bits per heavy atom. The number of aliphatic imine (C=N–C) groups is 1. The third kappa shape index (κ3) is 7.92. The summed E-state index contributed by atoms with van der Waals surface area (Å²) in [5.74, 6) is 3.49. The highest BCUT2D eigenvalue weighted by Gasteiger charge is 2.23. The maximum absolute atomic E-state index is 10.2. The highest BCUT2D eigenvalue weighted by molar-refractivity contribution is 6.00. The zero-order valence-corrected chi connectivity index (χ0v) is 21.0. The highest BCUT2D eigenvalue weighted by Crippen LogP contribution is 2.27. The van der Waals surface area contributed by atoms with E-state index in [4.69, 9.17) is 9.47 Å². The molecule has 0 bridgehead atoms. The van der Waals surface area contributed by atoms with Gasteiger partial charge in [-0.1, -0.05) is 19.8 Å². The van der Waals surface area contributed by atoms with Crippen molar-refractivity contribution in [1.29, 1.82) is 0 Å². The molecule has 0 aromatic carbocycles. The number of hydrogen-bond donors (Lipinski definition) is 2. The van der Waals surface area contributed by atoms with Crippen LogP contribution in [0.15, 0.2) is 53.5 Å². The van der Waals surface area contributed by atoms with Gasteiger partial charge in [-0.25, -0.2) is 4.98 Å². The van der Waals surface area contributed by atoms with Crippen molar-refractivity contribution in [3.63, 3.8) is 0 Å². The van der Waals surface area contributed by atoms with E-state index < -0.39 is 5.60 Å². The Kier molecular flexibility index (Phi) is 9.19. The smallest absolute Gasteiger partial charge is 0.144 e. The number of aromatic nitrogens is 2. The molecule has 0 spiro atoms. The van der Waals surface area contributed by atoms with Gasteiger partial charge in [-0.3, -0.25) is 9.98 Å². The van der Waals surface area contributed by atoms with Gasteiger partial charge in [0.05, 0.1) is 11.4 Å². The highest BCUT2D eigenvalue weighted by atomic mass is 16.5. The van der Waals surface area contributed by atoms with E-state index in [2.05, 4.69) is 27.2 Å². The van der Waals surface area contributed by atoms with Crippen LogP contribution in [0.5, 0.6) is 5.75 Å². The SMILES string of the molecule is C/C=C(/Oc1ccnc(Nc2ccnc(C(C)(C)O)c2)c1)C(=NC)C1CCOCC1.CC1CC1. The first-order valence-corrected chi connectivity index (χ1v) is 12.1. The van der Waals surface area contributed by atoms with Crippen molar-refractivity contribution >= 4 is 17.2 Å². The van der Waals surface area contributed by atoms with Crippen molar-refractivity contribution in [1.82, 2.24) is 9.97 Å². The molecule has 1 aliphatic carbocycles. The standard InChI is InChI=1S/C23H30N4O3.C4H8/c1-5-19(22(24-4)16-8-12-29-13-9-16)30-18-7-11-26-21(15-18)27-17-6-10-25-20(14-17)23(2,3)28;1-4-2-3-4/h5-7,10-11,14-16,28H,8-9,12-13H2,1-4H3,(H,25,26,27);4H,2-3H2,1H3/b19-5+,24-22?;. The first kappa shape index (κ1) is 25.8. The molecule has 7 heteroatoms. The second-order valence-electron chi connectivity index (χ2n) is 9.42. The molecule has 1 aliphatic heterocycles. The van der Waals surface area contributed by atoms with Gasteiger partial charge in [-0.2, -0.15) is 0 Å². The molecule has 2 aromatic rings. The van der Waals surface area contributed by atoms with Crippen molar-refractivity contribution in [3.05, 3.63) is 54.2 Å². The van der Waals surface area contributed by atoms with Gasteiger partial charge < -0.3 is 19.9 Å². The van der Waals surface area contributed by atoms with Crippen LogP contribution in [0, 0.1) is 11.8 Å². The largest absolute Gasteiger partial charge is 0.456 e. The second kappa shape index (κ2) is 12.1. The third-order valence-electron chi connectivity index (χ3n) is 5.85. The molecule has 2 aromatic heterocycles. The molecule has 2 fully saturated rings. The number of hydrogen-bond acceptors (Lipinski definition) is 7. The van der Waals surface area contributed by atoms with Gasteiger partial charge >= 0.3 is 0 Å². The van der Waals surface area contributed by atoms with Gasteiger partial charge in [0, 0.05) is 50.3 Å². The zero-order chi connectivity index (χ0) is 24.6. The molecule has 0 atom stereocenters. The van der Waals surface area contributed by atoms with Crippen molar-refractivity contribution in [3.8, 4) is 5.75 Å². The molecule has 0 radical (unpaired) electrons. The molecule has 3 heterocycles. The van der Waals surface area contributed by atoms with E-state index in [1.807, 2.05) is 31.2 Å². The van der Waals surface area contributed by atoms with Crippen LogP contribution in [0.4, 0.5) is 11.5 Å². The van der Waals surface area contributed by atoms with Crippen LogP contribution in [0.2, 0.25) is 0 Å². The molecule has 0 amide bonds. The van der Waals surface area contributed by atoms with E-state index in [1.54, 1.807) is 39.4 Å². The van der Waals surface area contributed by atoms with Gasteiger partial charge in [0.1, 0.15) is 22.9 Å². The maximum atomic E-state index is 10.2. The Balaban J connectivity index is 0.000000732. The summed E-state index contributed by atoms with van der Waals surface area (Å²) in [6, 6.07) is 7.29. The molecule has 2 aliphatic rings. The summed E-state index contributed by atoms with van der Waals surface area (Å²) >= 11 is 0. The minimum Gasteiger partial charge on any atom is -0.456 e.